The summed E-state index contributed by atoms with van der Waals surface area (Å²) >= 11 is 0. The maximum absolute atomic E-state index is 4.25. The molecule has 0 aromatic rings. The SMILES string of the molecule is [CH2-][NH2+][C@@]1(C)CC[C@H]2[C@H]3[C@H]4[C@H](CC[C@@H]31)[C@H](C)C(C)=C[C@@H]4C[C@@H]2C. The largest absolute Gasteiger partial charge is 0.474 e. The molecule has 2 N–H and O–H groups in total. The van der Waals surface area contributed by atoms with Gasteiger partial charge in [0.2, 0.25) is 0 Å². The average Bonchev–Trinajstić information content (AvgIpc) is 2.51. The van der Waals surface area contributed by atoms with Gasteiger partial charge in [-0.3, -0.25) is 0 Å². The number of hydrogen-bond donors (Lipinski definition) is 1. The van der Waals surface area contributed by atoms with E-state index < -0.39 is 0 Å². The normalized spacial score (nSPS) is 57.0. The third-order valence-electron chi connectivity index (χ3n) is 8.75. The van der Waals surface area contributed by atoms with Gasteiger partial charge in [-0.15, -0.1) is 0 Å². The molecule has 9 atom stereocenters. The summed E-state index contributed by atoms with van der Waals surface area (Å²) in [6.07, 6.45) is 9.93. The Balaban J connectivity index is 1.76. The molecule has 0 aromatic heterocycles. The first-order valence-electron chi connectivity index (χ1n) is 9.78. The Morgan fingerprint density at radius 3 is 2.64 bits per heavy atom. The predicted octanol–water partition coefficient (Wildman–Crippen LogP) is 4.02. The van der Waals surface area contributed by atoms with Crippen LogP contribution in [0.4, 0.5) is 0 Å². The lowest BCUT2D eigenvalue weighted by Gasteiger charge is -2.63. The molecule has 22 heavy (non-hydrogen) atoms. The summed E-state index contributed by atoms with van der Waals surface area (Å²) < 4.78 is 0. The highest BCUT2D eigenvalue weighted by molar-refractivity contribution is 5.19. The van der Waals surface area contributed by atoms with Crippen LogP contribution in [-0.2, 0) is 0 Å². The molecule has 0 amide bonds. The van der Waals surface area contributed by atoms with Gasteiger partial charge >= 0.3 is 0 Å². The molecule has 0 bridgehead atoms. The second-order valence-corrected chi connectivity index (χ2v) is 9.49. The van der Waals surface area contributed by atoms with Crippen LogP contribution in [0, 0.1) is 54.4 Å². The van der Waals surface area contributed by atoms with Gasteiger partial charge in [0, 0.05) is 12.3 Å². The topological polar surface area (TPSA) is 16.6 Å². The van der Waals surface area contributed by atoms with Gasteiger partial charge in [-0.2, -0.15) is 7.05 Å². The molecular weight excluding hydrogens is 266 g/mol. The predicted molar refractivity (Wildman–Crippen MR) is 91.8 cm³/mol. The minimum Gasteiger partial charge on any atom is -0.474 e. The van der Waals surface area contributed by atoms with Crippen LogP contribution in [0.15, 0.2) is 11.6 Å². The summed E-state index contributed by atoms with van der Waals surface area (Å²) in [4.78, 5) is 0. The first-order valence-corrected chi connectivity index (χ1v) is 9.78. The number of rotatable bonds is 1. The van der Waals surface area contributed by atoms with Crippen LogP contribution in [0.1, 0.15) is 59.8 Å². The van der Waals surface area contributed by atoms with Gasteiger partial charge in [0.1, 0.15) is 0 Å². The maximum atomic E-state index is 4.25. The minimum absolute atomic E-state index is 0.410. The molecule has 1 nitrogen and oxygen atoms in total. The molecule has 0 aromatic carbocycles. The molecule has 0 heterocycles. The zero-order chi connectivity index (χ0) is 15.6. The van der Waals surface area contributed by atoms with Gasteiger partial charge in [-0.25, -0.2) is 0 Å². The molecule has 124 valence electrons. The fraction of sp³-hybridized carbons (Fsp3) is 0.857. The van der Waals surface area contributed by atoms with Crippen molar-refractivity contribution < 1.29 is 5.32 Å². The van der Waals surface area contributed by atoms with Crippen molar-refractivity contribution in [2.24, 2.45) is 47.3 Å². The van der Waals surface area contributed by atoms with Crippen LogP contribution >= 0.6 is 0 Å². The second-order valence-electron chi connectivity index (χ2n) is 9.49. The minimum atomic E-state index is 0.410. The van der Waals surface area contributed by atoms with Crippen LogP contribution in [0.5, 0.6) is 0 Å². The zero-order valence-electron chi connectivity index (χ0n) is 15.0. The summed E-state index contributed by atoms with van der Waals surface area (Å²) in [7, 11) is 4.25. The third kappa shape index (κ3) is 1.93. The lowest BCUT2D eigenvalue weighted by Crippen LogP contribution is -2.94. The van der Waals surface area contributed by atoms with Crippen molar-refractivity contribution in [1.29, 1.82) is 0 Å². The Morgan fingerprint density at radius 1 is 1.14 bits per heavy atom. The first-order chi connectivity index (χ1) is 10.5. The summed E-state index contributed by atoms with van der Waals surface area (Å²) in [6, 6.07) is 0. The van der Waals surface area contributed by atoms with Gasteiger partial charge in [-0.05, 0) is 81.0 Å². The summed E-state index contributed by atoms with van der Waals surface area (Å²) in [6.45, 7) is 9.98. The van der Waals surface area contributed by atoms with Crippen molar-refractivity contribution in [3.63, 3.8) is 0 Å². The standard InChI is InChI=1S/C21H35N/c1-12-10-15-11-13(2)16-8-9-21(4,22-5)18-7-6-17(14(12)3)19(15)20(16)18/h10,13-20H,5-9,11,22H2,1-4H3/t13-,14+,15+,16+,17+,18-,19+,20+,21-/m0/s1. The monoisotopic (exact) mass is 301 g/mol. The van der Waals surface area contributed by atoms with Crippen molar-refractivity contribution >= 4 is 0 Å². The second kappa shape index (κ2) is 5.10. The van der Waals surface area contributed by atoms with Gasteiger partial charge in [-0.1, -0.05) is 25.5 Å². The van der Waals surface area contributed by atoms with Crippen LogP contribution < -0.4 is 5.32 Å². The number of hydrogen-bond acceptors (Lipinski definition) is 0. The lowest BCUT2D eigenvalue weighted by atomic mass is 9.43. The summed E-state index contributed by atoms with van der Waals surface area (Å²) in [5, 5.41) is 2.33. The van der Waals surface area contributed by atoms with Crippen LogP contribution in [0.25, 0.3) is 0 Å². The molecule has 0 unspecified atom stereocenters. The van der Waals surface area contributed by atoms with E-state index in [1.54, 1.807) is 5.57 Å². The highest BCUT2D eigenvalue weighted by Crippen LogP contribution is 2.62. The summed E-state index contributed by atoms with van der Waals surface area (Å²) in [5.74, 6) is 7.49. The Morgan fingerprint density at radius 2 is 1.91 bits per heavy atom. The fourth-order valence-electron chi connectivity index (χ4n) is 7.39. The average molecular weight is 302 g/mol. The van der Waals surface area contributed by atoms with E-state index >= 15 is 0 Å². The van der Waals surface area contributed by atoms with Gasteiger partial charge in [0.25, 0.3) is 0 Å². The molecule has 3 fully saturated rings. The third-order valence-corrected chi connectivity index (χ3v) is 8.75. The smallest absolute Gasteiger partial charge is 0.0726 e. The van der Waals surface area contributed by atoms with Crippen molar-refractivity contribution in [1.82, 2.24) is 0 Å². The Kier molecular flexibility index (Phi) is 3.53. The molecule has 1 heteroatoms. The van der Waals surface area contributed by atoms with Crippen molar-refractivity contribution in [3.05, 3.63) is 18.7 Å². The van der Waals surface area contributed by atoms with Crippen molar-refractivity contribution in [2.75, 3.05) is 0 Å². The molecular formula is C21H35N. The first kappa shape index (κ1) is 15.2. The molecule has 4 rings (SSSR count). The van der Waals surface area contributed by atoms with E-state index in [1.165, 1.54) is 32.1 Å². The highest BCUT2D eigenvalue weighted by atomic mass is 15.0. The Hall–Kier alpha value is -0.300. The summed E-state index contributed by atoms with van der Waals surface area (Å²) in [5.41, 5.74) is 2.10. The molecule has 3 saturated carbocycles. The molecule has 4 aliphatic carbocycles. The molecule has 0 spiro atoms. The Labute approximate surface area is 137 Å². The molecule has 4 aliphatic rings. The van der Waals surface area contributed by atoms with Gasteiger partial charge in [0.05, 0.1) is 5.54 Å². The van der Waals surface area contributed by atoms with Gasteiger partial charge in [0.15, 0.2) is 0 Å². The lowest BCUT2D eigenvalue weighted by molar-refractivity contribution is -0.688. The Bertz CT molecular complexity index is 480. The number of nitrogens with two attached hydrogens (primary N) is 1. The van der Waals surface area contributed by atoms with E-state index in [-0.39, 0.29) is 0 Å². The van der Waals surface area contributed by atoms with E-state index in [9.17, 15) is 0 Å². The molecule has 0 saturated heterocycles. The van der Waals surface area contributed by atoms with E-state index in [0.29, 0.717) is 5.54 Å². The van der Waals surface area contributed by atoms with Gasteiger partial charge < -0.3 is 5.32 Å². The van der Waals surface area contributed by atoms with Crippen molar-refractivity contribution in [3.8, 4) is 0 Å². The zero-order valence-corrected chi connectivity index (χ0v) is 15.0. The molecule has 0 radical (unpaired) electrons. The number of allylic oxidation sites excluding steroid dienone is 2. The van der Waals surface area contributed by atoms with E-state index in [2.05, 4.69) is 46.1 Å². The van der Waals surface area contributed by atoms with E-state index in [1.807, 2.05) is 0 Å². The van der Waals surface area contributed by atoms with E-state index in [4.69, 9.17) is 0 Å². The molecule has 0 aliphatic heterocycles. The van der Waals surface area contributed by atoms with Crippen LogP contribution in [0.2, 0.25) is 0 Å². The van der Waals surface area contributed by atoms with Crippen LogP contribution in [-0.4, -0.2) is 5.54 Å². The fourth-order valence-corrected chi connectivity index (χ4v) is 7.39. The highest BCUT2D eigenvalue weighted by Gasteiger charge is 2.59. The quantitative estimate of drug-likeness (QED) is 0.556. The van der Waals surface area contributed by atoms with Crippen molar-refractivity contribution in [2.45, 2.75) is 65.3 Å². The van der Waals surface area contributed by atoms with E-state index in [0.717, 1.165) is 47.3 Å². The maximum Gasteiger partial charge on any atom is 0.0726 e. The van der Waals surface area contributed by atoms with Crippen LogP contribution in [0.3, 0.4) is 0 Å². The number of quaternary nitrogens is 1.